The minimum absolute atomic E-state index is 0.00828. The fraction of sp³-hybridized carbons (Fsp3) is 0. The Morgan fingerprint density at radius 3 is 2.25 bits per heavy atom. The molecule has 0 saturated carbocycles. The Bertz CT molecular complexity index is 1030. The number of aromatic amines is 1. The first-order chi connectivity index (χ1) is 11.4. The number of aromatic nitrogens is 1. The standard InChI is InChI=1S/C17H11NO6/c19-9-3-1-8(2-4-9)16(22)10-5-6-12(20)15-14(10)13(21)7-11(18-15)17(23)24/h1-7,19-20H,(H,18,21)(H,23,24). The number of aromatic carboxylic acids is 1. The monoisotopic (exact) mass is 325 g/mol. The first-order valence-corrected chi connectivity index (χ1v) is 6.84. The van der Waals surface area contributed by atoms with E-state index in [0.29, 0.717) is 0 Å². The summed E-state index contributed by atoms with van der Waals surface area (Å²) in [7, 11) is 0. The van der Waals surface area contributed by atoms with Crippen molar-refractivity contribution >= 4 is 22.7 Å². The molecule has 1 heterocycles. The molecule has 0 saturated heterocycles. The molecule has 120 valence electrons. The van der Waals surface area contributed by atoms with Gasteiger partial charge in [0.15, 0.2) is 11.2 Å². The lowest BCUT2D eigenvalue weighted by atomic mass is 9.98. The molecule has 0 fully saturated rings. The number of rotatable bonds is 3. The highest BCUT2D eigenvalue weighted by Gasteiger charge is 2.19. The summed E-state index contributed by atoms with van der Waals surface area (Å²) >= 11 is 0. The number of ketones is 1. The van der Waals surface area contributed by atoms with Crippen LogP contribution in [-0.4, -0.2) is 32.1 Å². The topological polar surface area (TPSA) is 128 Å². The second-order valence-corrected chi connectivity index (χ2v) is 5.11. The maximum Gasteiger partial charge on any atom is 0.352 e. The average Bonchev–Trinajstić information content (AvgIpc) is 2.55. The molecule has 0 spiro atoms. The van der Waals surface area contributed by atoms with Crippen LogP contribution in [0.25, 0.3) is 10.9 Å². The Morgan fingerprint density at radius 2 is 1.62 bits per heavy atom. The van der Waals surface area contributed by atoms with Gasteiger partial charge in [0.2, 0.25) is 0 Å². The smallest absolute Gasteiger partial charge is 0.352 e. The van der Waals surface area contributed by atoms with Gasteiger partial charge in [0.05, 0.1) is 10.9 Å². The van der Waals surface area contributed by atoms with Crippen LogP contribution in [0.1, 0.15) is 26.4 Å². The summed E-state index contributed by atoms with van der Waals surface area (Å²) in [6, 6.07) is 8.83. The van der Waals surface area contributed by atoms with Crippen LogP contribution in [0.2, 0.25) is 0 Å². The van der Waals surface area contributed by atoms with Crippen molar-refractivity contribution in [3.05, 3.63) is 69.5 Å². The molecule has 0 aliphatic rings. The number of phenols is 2. The van der Waals surface area contributed by atoms with Gasteiger partial charge in [0.25, 0.3) is 0 Å². The van der Waals surface area contributed by atoms with Gasteiger partial charge < -0.3 is 20.3 Å². The lowest BCUT2D eigenvalue weighted by Gasteiger charge is -2.08. The SMILES string of the molecule is O=C(O)c1cc(=O)c2c(C(=O)c3ccc(O)cc3)ccc(O)c2[nH]1. The summed E-state index contributed by atoms with van der Waals surface area (Å²) in [5, 5.41) is 28.1. The molecule has 4 N–H and O–H groups in total. The Labute approximate surface area is 134 Å². The van der Waals surface area contributed by atoms with Gasteiger partial charge in [-0.2, -0.15) is 0 Å². The average molecular weight is 325 g/mol. The van der Waals surface area contributed by atoms with Crippen molar-refractivity contribution < 1.29 is 24.9 Å². The second kappa shape index (κ2) is 5.54. The highest BCUT2D eigenvalue weighted by molar-refractivity contribution is 6.16. The lowest BCUT2D eigenvalue weighted by molar-refractivity contribution is 0.0690. The maximum atomic E-state index is 12.6. The second-order valence-electron chi connectivity index (χ2n) is 5.11. The van der Waals surface area contributed by atoms with Crippen LogP contribution in [0.5, 0.6) is 11.5 Å². The summed E-state index contributed by atoms with van der Waals surface area (Å²) in [5.41, 5.74) is -0.950. The van der Waals surface area contributed by atoms with Crippen LogP contribution in [0.3, 0.4) is 0 Å². The van der Waals surface area contributed by atoms with Crippen LogP contribution in [-0.2, 0) is 0 Å². The van der Waals surface area contributed by atoms with Crippen molar-refractivity contribution in [2.75, 3.05) is 0 Å². The van der Waals surface area contributed by atoms with E-state index >= 15 is 0 Å². The molecule has 7 heteroatoms. The molecule has 1 aromatic heterocycles. The fourth-order valence-corrected chi connectivity index (χ4v) is 2.42. The van der Waals surface area contributed by atoms with E-state index in [2.05, 4.69) is 4.98 Å². The summed E-state index contributed by atoms with van der Waals surface area (Å²) in [5.74, 6) is -2.20. The zero-order valence-electron chi connectivity index (χ0n) is 12.1. The summed E-state index contributed by atoms with van der Waals surface area (Å²) < 4.78 is 0. The number of phenolic OH excluding ortho intramolecular Hbond substituents is 2. The predicted octanol–water partition coefficient (Wildman–Crippen LogP) is 1.87. The lowest BCUT2D eigenvalue weighted by Crippen LogP contribution is -2.13. The number of carboxylic acids is 1. The Balaban J connectivity index is 2.28. The molecular weight excluding hydrogens is 314 g/mol. The number of pyridine rings is 1. The van der Waals surface area contributed by atoms with Gasteiger partial charge in [-0.15, -0.1) is 0 Å². The minimum Gasteiger partial charge on any atom is -0.508 e. The number of hydrogen-bond donors (Lipinski definition) is 4. The summed E-state index contributed by atoms with van der Waals surface area (Å²) in [4.78, 5) is 38.4. The molecule has 0 bridgehead atoms. The Hall–Kier alpha value is -3.61. The van der Waals surface area contributed by atoms with Crippen molar-refractivity contribution in [3.63, 3.8) is 0 Å². The van der Waals surface area contributed by atoms with E-state index in [4.69, 9.17) is 5.11 Å². The van der Waals surface area contributed by atoms with Crippen LogP contribution >= 0.6 is 0 Å². The molecule has 3 rings (SSSR count). The normalized spacial score (nSPS) is 10.7. The third kappa shape index (κ3) is 2.48. The molecule has 0 aliphatic carbocycles. The molecule has 2 aromatic carbocycles. The van der Waals surface area contributed by atoms with Crippen LogP contribution < -0.4 is 5.43 Å². The Morgan fingerprint density at radius 1 is 0.958 bits per heavy atom. The van der Waals surface area contributed by atoms with Gasteiger partial charge in [-0.05, 0) is 36.4 Å². The number of hydrogen-bond acceptors (Lipinski definition) is 5. The molecule has 0 atom stereocenters. The van der Waals surface area contributed by atoms with Crippen molar-refractivity contribution in [2.45, 2.75) is 0 Å². The zero-order chi connectivity index (χ0) is 17.4. The van der Waals surface area contributed by atoms with Crippen molar-refractivity contribution in [1.82, 2.24) is 4.98 Å². The molecule has 0 radical (unpaired) electrons. The molecule has 0 amide bonds. The molecule has 3 aromatic rings. The van der Waals surface area contributed by atoms with Crippen LogP contribution in [0.4, 0.5) is 0 Å². The summed E-state index contributed by atoms with van der Waals surface area (Å²) in [6.07, 6.45) is 0. The van der Waals surface area contributed by atoms with Crippen molar-refractivity contribution in [1.29, 1.82) is 0 Å². The van der Waals surface area contributed by atoms with E-state index in [1.807, 2.05) is 0 Å². The highest BCUT2D eigenvalue weighted by Crippen LogP contribution is 2.26. The highest BCUT2D eigenvalue weighted by atomic mass is 16.4. The van der Waals surface area contributed by atoms with Gasteiger partial charge in [-0.1, -0.05) is 0 Å². The number of nitrogens with one attached hydrogen (secondary N) is 1. The van der Waals surface area contributed by atoms with E-state index in [9.17, 15) is 24.6 Å². The zero-order valence-corrected chi connectivity index (χ0v) is 12.1. The van der Waals surface area contributed by atoms with Gasteiger partial charge in [0.1, 0.15) is 17.2 Å². The van der Waals surface area contributed by atoms with Crippen LogP contribution in [0.15, 0.2) is 47.3 Å². The number of aromatic hydroxyl groups is 2. The van der Waals surface area contributed by atoms with Gasteiger partial charge in [0, 0.05) is 17.2 Å². The van der Waals surface area contributed by atoms with E-state index in [1.165, 1.54) is 36.4 Å². The van der Waals surface area contributed by atoms with Gasteiger partial charge >= 0.3 is 5.97 Å². The van der Waals surface area contributed by atoms with Crippen molar-refractivity contribution in [3.8, 4) is 11.5 Å². The largest absolute Gasteiger partial charge is 0.508 e. The molecule has 0 aliphatic heterocycles. The summed E-state index contributed by atoms with van der Waals surface area (Å²) in [6.45, 7) is 0. The number of carboxylic acid groups (broad SMARTS) is 1. The van der Waals surface area contributed by atoms with E-state index in [-0.39, 0.29) is 33.5 Å². The third-order valence-electron chi connectivity index (χ3n) is 3.57. The maximum absolute atomic E-state index is 12.6. The first-order valence-electron chi connectivity index (χ1n) is 6.84. The van der Waals surface area contributed by atoms with Crippen molar-refractivity contribution in [2.24, 2.45) is 0 Å². The molecule has 0 unspecified atom stereocenters. The molecule has 24 heavy (non-hydrogen) atoms. The number of H-pyrrole nitrogens is 1. The van der Waals surface area contributed by atoms with E-state index in [0.717, 1.165) is 6.07 Å². The fourth-order valence-electron chi connectivity index (χ4n) is 2.42. The third-order valence-corrected chi connectivity index (χ3v) is 3.57. The van der Waals surface area contributed by atoms with Gasteiger partial charge in [-0.25, -0.2) is 4.79 Å². The number of benzene rings is 2. The number of carbonyl (C=O) groups excluding carboxylic acids is 1. The van der Waals surface area contributed by atoms with Crippen LogP contribution in [0, 0.1) is 0 Å². The molecule has 7 nitrogen and oxygen atoms in total. The number of carbonyl (C=O) groups is 2. The Kier molecular flexibility index (Phi) is 3.53. The van der Waals surface area contributed by atoms with Gasteiger partial charge in [-0.3, -0.25) is 9.59 Å². The predicted molar refractivity (Wildman–Crippen MR) is 84.7 cm³/mol. The molecular formula is C17H11NO6. The van der Waals surface area contributed by atoms with E-state index in [1.54, 1.807) is 0 Å². The minimum atomic E-state index is -1.36. The van der Waals surface area contributed by atoms with E-state index < -0.39 is 22.9 Å². The quantitative estimate of drug-likeness (QED) is 0.544. The first kappa shape index (κ1) is 15.3. The number of fused-ring (bicyclic) bond motifs is 1.